The van der Waals surface area contributed by atoms with Crippen LogP contribution >= 0.6 is 0 Å². The zero-order chi connectivity index (χ0) is 11.3. The van der Waals surface area contributed by atoms with E-state index in [1.807, 2.05) is 0 Å². The van der Waals surface area contributed by atoms with Gasteiger partial charge in [0.2, 0.25) is 0 Å². The van der Waals surface area contributed by atoms with Crippen molar-refractivity contribution in [1.82, 2.24) is 9.78 Å². The van der Waals surface area contributed by atoms with Crippen LogP contribution in [0, 0.1) is 6.92 Å². The monoisotopic (exact) mass is 290 g/mol. The molecular formula is C8H13BK2N2O4. The number of hydrogen-bond acceptors (Lipinski definition) is 5. The van der Waals surface area contributed by atoms with Crippen LogP contribution in [-0.4, -0.2) is 30.8 Å². The molecule has 0 unspecified atom stereocenters. The molecule has 0 saturated carbocycles. The predicted octanol–water partition coefficient (Wildman–Crippen LogP) is -7.68. The van der Waals surface area contributed by atoms with Crippen molar-refractivity contribution in [2.24, 2.45) is 0 Å². The van der Waals surface area contributed by atoms with E-state index in [0.717, 1.165) is 6.42 Å². The Morgan fingerprint density at radius 1 is 1.41 bits per heavy atom. The molecule has 6 nitrogen and oxygen atoms in total. The van der Waals surface area contributed by atoms with Gasteiger partial charge in [0.15, 0.2) is 5.88 Å². The van der Waals surface area contributed by atoms with E-state index in [1.54, 1.807) is 20.1 Å². The second-order valence-corrected chi connectivity index (χ2v) is 3.10. The molecule has 0 atom stereocenters. The summed E-state index contributed by atoms with van der Waals surface area (Å²) in [5.41, 5.74) is 0.711. The summed E-state index contributed by atoms with van der Waals surface area (Å²) in [6.07, 6.45) is 0.746. The van der Waals surface area contributed by atoms with E-state index in [0.29, 0.717) is 18.8 Å². The van der Waals surface area contributed by atoms with Gasteiger partial charge in [0.05, 0.1) is 5.69 Å². The quantitative estimate of drug-likeness (QED) is 0.384. The Hall–Kier alpha value is 2.23. The minimum atomic E-state index is -2.32. The Kier molecular flexibility index (Phi) is 15.2. The topological polar surface area (TPSA) is 82.4 Å². The van der Waals surface area contributed by atoms with Crippen molar-refractivity contribution < 1.29 is 122 Å². The van der Waals surface area contributed by atoms with Gasteiger partial charge in [-0.3, -0.25) is 0 Å². The molecule has 9 heteroatoms. The molecule has 0 saturated heterocycles. The van der Waals surface area contributed by atoms with Gasteiger partial charge in [-0.2, -0.15) is 5.10 Å². The summed E-state index contributed by atoms with van der Waals surface area (Å²) in [7, 11) is -0.709. The standard InChI is InChI=1S/C8H13BN2O4.2K/c1-7-6-8(15-9(12)13)11(10-7)4-3-5-14-2;;/h6H,3-5H2,1-2H3;;/q-2;2*+1. The molecule has 0 aromatic carbocycles. The molecule has 1 aromatic heterocycles. The summed E-state index contributed by atoms with van der Waals surface area (Å²) in [5.74, 6) is 0.221. The smallest absolute Gasteiger partial charge is 0.860 e. The SMILES string of the molecule is COCCCn1nc(C)cc1OB([O-])[O-].[K+].[K+]. The van der Waals surface area contributed by atoms with Crippen molar-refractivity contribution in [3.63, 3.8) is 0 Å². The van der Waals surface area contributed by atoms with Crippen LogP contribution in [0.5, 0.6) is 5.88 Å². The fraction of sp³-hybridized carbons (Fsp3) is 0.625. The average molecular weight is 290 g/mol. The largest absolute Gasteiger partial charge is 1.00 e. The zero-order valence-corrected chi connectivity index (χ0v) is 17.0. The molecule has 0 spiro atoms. The summed E-state index contributed by atoms with van der Waals surface area (Å²) in [6, 6.07) is 1.57. The molecule has 0 aliphatic carbocycles. The van der Waals surface area contributed by atoms with E-state index < -0.39 is 7.32 Å². The van der Waals surface area contributed by atoms with E-state index >= 15 is 0 Å². The van der Waals surface area contributed by atoms with E-state index in [-0.39, 0.29) is 109 Å². The Morgan fingerprint density at radius 2 is 2.06 bits per heavy atom. The van der Waals surface area contributed by atoms with Crippen molar-refractivity contribution in [2.75, 3.05) is 13.7 Å². The minimum Gasteiger partial charge on any atom is -0.860 e. The van der Waals surface area contributed by atoms with Gasteiger partial charge in [-0.25, -0.2) is 4.68 Å². The van der Waals surface area contributed by atoms with E-state index in [4.69, 9.17) is 4.74 Å². The van der Waals surface area contributed by atoms with Gasteiger partial charge in [0.1, 0.15) is 7.32 Å². The fourth-order valence-corrected chi connectivity index (χ4v) is 1.23. The number of methoxy groups -OCH3 is 1. The first-order valence-corrected chi connectivity index (χ1v) is 4.65. The molecule has 17 heavy (non-hydrogen) atoms. The van der Waals surface area contributed by atoms with Crippen LogP contribution in [0.3, 0.4) is 0 Å². The van der Waals surface area contributed by atoms with Gasteiger partial charge >= 0.3 is 103 Å². The molecule has 0 radical (unpaired) electrons. The number of hydrogen-bond donors (Lipinski definition) is 0. The summed E-state index contributed by atoms with van der Waals surface area (Å²) in [6.45, 7) is 2.92. The maximum atomic E-state index is 10.3. The molecule has 1 aromatic rings. The molecule has 0 aliphatic heterocycles. The molecule has 0 bridgehead atoms. The van der Waals surface area contributed by atoms with Crippen LogP contribution in [0.2, 0.25) is 0 Å². The van der Waals surface area contributed by atoms with Crippen molar-refractivity contribution in [1.29, 1.82) is 0 Å². The summed E-state index contributed by atoms with van der Waals surface area (Å²) < 4.78 is 10.9. The number of rotatable bonds is 6. The Morgan fingerprint density at radius 3 is 2.59 bits per heavy atom. The second kappa shape index (κ2) is 12.0. The summed E-state index contributed by atoms with van der Waals surface area (Å²) in [5, 5.41) is 24.8. The molecule has 1 heterocycles. The number of aryl methyl sites for hydroxylation is 2. The number of aromatic nitrogens is 2. The predicted molar refractivity (Wildman–Crippen MR) is 49.8 cm³/mol. The van der Waals surface area contributed by atoms with Crippen molar-refractivity contribution in [3.05, 3.63) is 11.8 Å². The maximum absolute atomic E-state index is 10.3. The maximum Gasteiger partial charge on any atom is 1.00 e. The molecule has 0 fully saturated rings. The first kappa shape index (κ1) is 21.5. The van der Waals surface area contributed by atoms with Gasteiger partial charge in [0, 0.05) is 26.3 Å². The summed E-state index contributed by atoms with van der Waals surface area (Å²) in [4.78, 5) is 0. The molecule has 84 valence electrons. The Bertz CT molecular complexity index is 312. The third kappa shape index (κ3) is 8.90. The number of ether oxygens (including phenoxy) is 1. The van der Waals surface area contributed by atoms with Gasteiger partial charge in [-0.15, -0.1) is 0 Å². The number of nitrogens with zero attached hydrogens (tertiary/aromatic N) is 2. The first-order chi connectivity index (χ1) is 7.13. The van der Waals surface area contributed by atoms with E-state index in [1.165, 1.54) is 4.68 Å². The van der Waals surface area contributed by atoms with Gasteiger partial charge in [-0.1, -0.05) is 0 Å². The van der Waals surface area contributed by atoms with Crippen LogP contribution in [0.15, 0.2) is 6.07 Å². The van der Waals surface area contributed by atoms with Gasteiger partial charge < -0.3 is 19.4 Å². The third-order valence-electron chi connectivity index (χ3n) is 1.80. The average Bonchev–Trinajstić information content (AvgIpc) is 2.46. The minimum absolute atomic E-state index is 0. The van der Waals surface area contributed by atoms with Crippen LogP contribution < -0.4 is 117 Å². The second-order valence-electron chi connectivity index (χ2n) is 3.10. The van der Waals surface area contributed by atoms with Gasteiger partial charge in [0.25, 0.3) is 0 Å². The third-order valence-corrected chi connectivity index (χ3v) is 1.80. The molecule has 1 rings (SSSR count). The molecule has 0 N–H and O–H groups in total. The molecule has 0 amide bonds. The Labute approximate surface area is 186 Å². The normalized spacial score (nSPS) is 9.18. The van der Waals surface area contributed by atoms with Crippen LogP contribution in [0.4, 0.5) is 0 Å². The zero-order valence-electron chi connectivity index (χ0n) is 10.8. The Balaban J connectivity index is 0. The van der Waals surface area contributed by atoms with Crippen molar-refractivity contribution in [3.8, 4) is 5.88 Å². The van der Waals surface area contributed by atoms with Gasteiger partial charge in [-0.05, 0) is 13.3 Å². The summed E-state index contributed by atoms with van der Waals surface area (Å²) >= 11 is 0. The first-order valence-electron chi connectivity index (χ1n) is 4.65. The fourth-order valence-electron chi connectivity index (χ4n) is 1.23. The van der Waals surface area contributed by atoms with Crippen LogP contribution in [0.1, 0.15) is 12.1 Å². The van der Waals surface area contributed by atoms with Crippen LogP contribution in [-0.2, 0) is 11.3 Å². The molecular weight excluding hydrogens is 277 g/mol. The van der Waals surface area contributed by atoms with Crippen LogP contribution in [0.25, 0.3) is 0 Å². The van der Waals surface area contributed by atoms with Crippen molar-refractivity contribution >= 4 is 7.32 Å². The van der Waals surface area contributed by atoms with E-state index in [9.17, 15) is 10.0 Å². The molecule has 0 aliphatic rings. The van der Waals surface area contributed by atoms with Crippen molar-refractivity contribution in [2.45, 2.75) is 19.9 Å². The van der Waals surface area contributed by atoms with E-state index in [2.05, 4.69) is 9.75 Å².